The van der Waals surface area contributed by atoms with Gasteiger partial charge in [0.1, 0.15) is 0 Å². The molecule has 1 saturated carbocycles. The minimum Gasteiger partial charge on any atom is -0.292 e. The summed E-state index contributed by atoms with van der Waals surface area (Å²) in [5, 5.41) is 0. The van der Waals surface area contributed by atoms with Crippen LogP contribution in [0.3, 0.4) is 0 Å². The molecule has 0 radical (unpaired) electrons. The lowest BCUT2D eigenvalue weighted by Crippen LogP contribution is -2.23. The zero-order chi connectivity index (χ0) is 19.6. The standard InChI is InChI=1S/C23H28F2N2/c1-15-5-6-18(13-19(15)22(24)25)21(26-4)20(17-7-11-27-12-8-17)16(2)14-23(3)9-10-23/h5-8,11-13,16,20,22H,9-10,14H2,1-4H3. The van der Waals surface area contributed by atoms with Crippen LogP contribution in [0, 0.1) is 18.3 Å². The van der Waals surface area contributed by atoms with Crippen molar-refractivity contribution in [1.29, 1.82) is 0 Å². The van der Waals surface area contributed by atoms with Gasteiger partial charge in [-0.1, -0.05) is 26.0 Å². The third-order valence-corrected chi connectivity index (χ3v) is 5.90. The summed E-state index contributed by atoms with van der Waals surface area (Å²) >= 11 is 0. The highest BCUT2D eigenvalue weighted by Crippen LogP contribution is 2.52. The Kier molecular flexibility index (Phi) is 5.73. The molecule has 144 valence electrons. The number of aryl methyl sites for hydroxylation is 1. The average molecular weight is 370 g/mol. The molecule has 2 atom stereocenters. The maximum atomic E-state index is 13.4. The van der Waals surface area contributed by atoms with Crippen LogP contribution in [0.4, 0.5) is 8.78 Å². The highest BCUT2D eigenvalue weighted by molar-refractivity contribution is 6.05. The van der Waals surface area contributed by atoms with E-state index in [2.05, 4.69) is 23.8 Å². The molecule has 0 amide bonds. The smallest absolute Gasteiger partial charge is 0.264 e. The lowest BCUT2D eigenvalue weighted by Gasteiger charge is -2.29. The van der Waals surface area contributed by atoms with E-state index in [0.717, 1.165) is 23.3 Å². The van der Waals surface area contributed by atoms with Crippen molar-refractivity contribution in [3.63, 3.8) is 0 Å². The minimum absolute atomic E-state index is 0.0589. The van der Waals surface area contributed by atoms with Gasteiger partial charge in [-0.05, 0) is 72.4 Å². The van der Waals surface area contributed by atoms with E-state index in [1.165, 1.54) is 12.8 Å². The lowest BCUT2D eigenvalue weighted by molar-refractivity contribution is 0.150. The molecular formula is C23H28F2N2. The molecule has 1 aromatic carbocycles. The Balaban J connectivity index is 2.02. The van der Waals surface area contributed by atoms with Crippen LogP contribution in [0.1, 0.15) is 67.7 Å². The zero-order valence-electron chi connectivity index (χ0n) is 16.5. The SMILES string of the molecule is CN=C(c1ccc(C)c(C(F)F)c1)C(c1ccncc1)C(C)CC1(C)CC1. The number of hydrogen-bond acceptors (Lipinski definition) is 2. The molecule has 1 aliphatic carbocycles. The molecule has 3 rings (SSSR count). The summed E-state index contributed by atoms with van der Waals surface area (Å²) < 4.78 is 26.9. The van der Waals surface area contributed by atoms with Gasteiger partial charge in [-0.15, -0.1) is 0 Å². The molecule has 1 heterocycles. The fourth-order valence-electron chi connectivity index (χ4n) is 4.12. The van der Waals surface area contributed by atoms with Gasteiger partial charge < -0.3 is 0 Å². The number of rotatable bonds is 7. The van der Waals surface area contributed by atoms with E-state index in [1.807, 2.05) is 18.2 Å². The van der Waals surface area contributed by atoms with Gasteiger partial charge in [0.2, 0.25) is 0 Å². The van der Waals surface area contributed by atoms with Crippen LogP contribution in [-0.2, 0) is 0 Å². The van der Waals surface area contributed by atoms with E-state index >= 15 is 0 Å². The van der Waals surface area contributed by atoms with Crippen molar-refractivity contribution in [2.75, 3.05) is 7.05 Å². The first-order chi connectivity index (χ1) is 12.8. The van der Waals surface area contributed by atoms with Crippen LogP contribution >= 0.6 is 0 Å². The lowest BCUT2D eigenvalue weighted by atomic mass is 9.76. The Morgan fingerprint density at radius 2 is 1.85 bits per heavy atom. The predicted octanol–water partition coefficient (Wildman–Crippen LogP) is 6.36. The van der Waals surface area contributed by atoms with Gasteiger partial charge in [0.15, 0.2) is 0 Å². The van der Waals surface area contributed by atoms with Crippen LogP contribution in [0.15, 0.2) is 47.7 Å². The number of halogens is 2. The quantitative estimate of drug-likeness (QED) is 0.521. The number of pyridine rings is 1. The fraction of sp³-hybridized carbons (Fsp3) is 0.478. The molecule has 2 aromatic rings. The normalized spacial score (nSPS) is 18.4. The van der Waals surface area contributed by atoms with Crippen LogP contribution in [-0.4, -0.2) is 17.7 Å². The summed E-state index contributed by atoms with van der Waals surface area (Å²) in [6, 6.07) is 9.34. The topological polar surface area (TPSA) is 25.2 Å². The zero-order valence-corrected chi connectivity index (χ0v) is 16.5. The first-order valence-corrected chi connectivity index (χ1v) is 9.60. The highest BCUT2D eigenvalue weighted by atomic mass is 19.3. The number of alkyl halides is 2. The average Bonchev–Trinajstić information content (AvgIpc) is 3.37. The molecule has 0 aliphatic heterocycles. The van der Waals surface area contributed by atoms with Gasteiger partial charge in [-0.25, -0.2) is 8.78 Å². The van der Waals surface area contributed by atoms with E-state index < -0.39 is 6.43 Å². The van der Waals surface area contributed by atoms with Gasteiger partial charge >= 0.3 is 0 Å². The Bertz CT molecular complexity index is 810. The molecule has 4 heteroatoms. The molecule has 2 nitrogen and oxygen atoms in total. The molecule has 0 N–H and O–H groups in total. The van der Waals surface area contributed by atoms with Crippen LogP contribution in [0.2, 0.25) is 0 Å². The van der Waals surface area contributed by atoms with Crippen molar-refractivity contribution >= 4 is 5.71 Å². The highest BCUT2D eigenvalue weighted by Gasteiger charge is 2.40. The van der Waals surface area contributed by atoms with Crippen molar-refractivity contribution in [3.05, 3.63) is 65.0 Å². The van der Waals surface area contributed by atoms with Gasteiger partial charge in [0, 0.05) is 36.6 Å². The van der Waals surface area contributed by atoms with Crippen molar-refractivity contribution < 1.29 is 8.78 Å². The van der Waals surface area contributed by atoms with Gasteiger partial charge in [0.05, 0.1) is 0 Å². The number of aromatic nitrogens is 1. The van der Waals surface area contributed by atoms with E-state index in [9.17, 15) is 8.78 Å². The van der Waals surface area contributed by atoms with Crippen molar-refractivity contribution in [2.24, 2.45) is 16.3 Å². The fourth-order valence-corrected chi connectivity index (χ4v) is 4.12. The van der Waals surface area contributed by atoms with Crippen molar-refractivity contribution in [3.8, 4) is 0 Å². The van der Waals surface area contributed by atoms with Crippen LogP contribution in [0.5, 0.6) is 0 Å². The maximum absolute atomic E-state index is 13.4. The second-order valence-corrected chi connectivity index (χ2v) is 8.23. The van der Waals surface area contributed by atoms with Gasteiger partial charge in [-0.3, -0.25) is 9.98 Å². The first kappa shape index (κ1) is 19.7. The molecule has 1 aliphatic rings. The third-order valence-electron chi connectivity index (χ3n) is 5.90. The number of hydrogen-bond donors (Lipinski definition) is 0. The summed E-state index contributed by atoms with van der Waals surface area (Å²) in [6.45, 7) is 6.31. The number of aliphatic imine (C=N–C) groups is 1. The molecule has 0 bridgehead atoms. The summed E-state index contributed by atoms with van der Waals surface area (Å²) in [5.74, 6) is 0.415. The first-order valence-electron chi connectivity index (χ1n) is 9.60. The Morgan fingerprint density at radius 3 is 2.41 bits per heavy atom. The number of benzene rings is 1. The van der Waals surface area contributed by atoms with Gasteiger partial charge in [-0.2, -0.15) is 0 Å². The summed E-state index contributed by atoms with van der Waals surface area (Å²) in [7, 11) is 1.76. The summed E-state index contributed by atoms with van der Waals surface area (Å²) in [6.07, 6.45) is 4.73. The number of nitrogens with zero attached hydrogens (tertiary/aromatic N) is 2. The second kappa shape index (κ2) is 7.87. The third kappa shape index (κ3) is 4.42. The van der Waals surface area contributed by atoms with Crippen molar-refractivity contribution in [2.45, 2.75) is 52.4 Å². The molecule has 27 heavy (non-hydrogen) atoms. The summed E-state index contributed by atoms with van der Waals surface area (Å²) in [4.78, 5) is 8.73. The van der Waals surface area contributed by atoms with Crippen LogP contribution in [0.25, 0.3) is 0 Å². The second-order valence-electron chi connectivity index (χ2n) is 8.23. The Hall–Kier alpha value is -2.10. The van der Waals surface area contributed by atoms with E-state index in [4.69, 9.17) is 0 Å². The van der Waals surface area contributed by atoms with Crippen LogP contribution < -0.4 is 0 Å². The van der Waals surface area contributed by atoms with E-state index in [1.54, 1.807) is 38.5 Å². The van der Waals surface area contributed by atoms with Gasteiger partial charge in [0.25, 0.3) is 6.43 Å². The van der Waals surface area contributed by atoms with E-state index in [-0.39, 0.29) is 11.5 Å². The molecular weight excluding hydrogens is 342 g/mol. The Morgan fingerprint density at radius 1 is 1.19 bits per heavy atom. The molecule has 0 saturated heterocycles. The molecule has 2 unspecified atom stereocenters. The monoisotopic (exact) mass is 370 g/mol. The minimum atomic E-state index is -2.48. The van der Waals surface area contributed by atoms with Crippen molar-refractivity contribution in [1.82, 2.24) is 4.98 Å². The largest absolute Gasteiger partial charge is 0.292 e. The molecule has 1 fully saturated rings. The predicted molar refractivity (Wildman–Crippen MR) is 107 cm³/mol. The van der Waals surface area contributed by atoms with E-state index in [0.29, 0.717) is 16.9 Å². The molecule has 1 aromatic heterocycles. The summed E-state index contributed by atoms with van der Waals surface area (Å²) in [5.41, 5.74) is 3.91. The molecule has 0 spiro atoms. The maximum Gasteiger partial charge on any atom is 0.264 e. The Labute approximate surface area is 160 Å².